The Labute approximate surface area is 142 Å². The number of hydrogen-bond acceptors (Lipinski definition) is 3. The molecule has 0 aliphatic carbocycles. The maximum Gasteiger partial charge on any atom is 0.573 e. The average Bonchev–Trinajstić information content (AvgIpc) is 2.43. The third-order valence-electron chi connectivity index (χ3n) is 2.72. The molecule has 0 aliphatic rings. The molecular weight excluding hydrogens is 382 g/mol. The van der Waals surface area contributed by atoms with E-state index < -0.39 is 22.7 Å². The van der Waals surface area contributed by atoms with Crippen LogP contribution in [0.5, 0.6) is 5.75 Å². The first-order valence-corrected chi connectivity index (χ1v) is 6.91. The molecule has 0 spiro atoms. The molecule has 2 aromatic rings. The van der Waals surface area contributed by atoms with Crippen LogP contribution in [0.4, 0.5) is 18.9 Å². The number of halogens is 6. The monoisotopic (exact) mass is 385 g/mol. The smallest absolute Gasteiger partial charge is 0.406 e. The predicted molar refractivity (Wildman–Crippen MR) is 80.2 cm³/mol. The third kappa shape index (κ3) is 3.99. The van der Waals surface area contributed by atoms with Gasteiger partial charge >= 0.3 is 6.36 Å². The molecule has 2 rings (SSSR count). The molecule has 0 amide bonds. The Balaban J connectivity index is 2.66. The summed E-state index contributed by atoms with van der Waals surface area (Å²) in [5.74, 6) is -0.625. The number of rotatable bonds is 3. The zero-order chi connectivity index (χ0) is 17.4. The summed E-state index contributed by atoms with van der Waals surface area (Å²) in [7, 11) is 0. The van der Waals surface area contributed by atoms with Gasteiger partial charge in [-0.25, -0.2) is 0 Å². The minimum absolute atomic E-state index is 0.0559. The second-order valence-electron chi connectivity index (χ2n) is 4.21. The van der Waals surface area contributed by atoms with E-state index in [1.54, 1.807) is 0 Å². The van der Waals surface area contributed by atoms with Crippen molar-refractivity contribution in [3.8, 4) is 16.9 Å². The Morgan fingerprint density at radius 1 is 1.00 bits per heavy atom. The topological polar surface area (TPSA) is 52.4 Å². The quantitative estimate of drug-likeness (QED) is 0.363. The van der Waals surface area contributed by atoms with Crippen molar-refractivity contribution in [3.05, 3.63) is 55.5 Å². The number of nitrogens with zero attached hydrogens (tertiary/aromatic N) is 1. The van der Waals surface area contributed by atoms with E-state index in [0.29, 0.717) is 0 Å². The number of benzene rings is 2. The molecule has 4 nitrogen and oxygen atoms in total. The molecule has 0 saturated heterocycles. The first kappa shape index (κ1) is 17.7. The largest absolute Gasteiger partial charge is 0.573 e. The van der Waals surface area contributed by atoms with Crippen LogP contribution in [0.3, 0.4) is 0 Å². The second kappa shape index (κ2) is 6.43. The predicted octanol–water partition coefficient (Wildman–Crippen LogP) is 6.12. The molecule has 122 valence electrons. The molecule has 0 atom stereocenters. The van der Waals surface area contributed by atoms with Crippen LogP contribution >= 0.6 is 34.8 Å². The third-order valence-corrected chi connectivity index (χ3v) is 4.02. The summed E-state index contributed by atoms with van der Waals surface area (Å²) in [4.78, 5) is 10.3. The number of alkyl halides is 3. The van der Waals surface area contributed by atoms with Crippen molar-refractivity contribution in [2.75, 3.05) is 0 Å². The van der Waals surface area contributed by atoms with E-state index in [4.69, 9.17) is 34.8 Å². The van der Waals surface area contributed by atoms with Gasteiger partial charge in [-0.2, -0.15) is 0 Å². The summed E-state index contributed by atoms with van der Waals surface area (Å²) < 4.78 is 40.7. The van der Waals surface area contributed by atoms with Crippen LogP contribution < -0.4 is 4.74 Å². The SMILES string of the molecule is O=[N+]([O-])c1ccc(OC(F)(F)F)cc1-c1ccc(Cl)c(Cl)c1Cl. The summed E-state index contributed by atoms with van der Waals surface area (Å²) in [6, 6.07) is 5.22. The van der Waals surface area contributed by atoms with Crippen molar-refractivity contribution in [1.82, 2.24) is 0 Å². The van der Waals surface area contributed by atoms with E-state index in [0.717, 1.165) is 18.2 Å². The lowest BCUT2D eigenvalue weighted by atomic mass is 10.0. The highest BCUT2D eigenvalue weighted by molar-refractivity contribution is 6.49. The first-order valence-electron chi connectivity index (χ1n) is 5.78. The van der Waals surface area contributed by atoms with Gasteiger partial charge in [0, 0.05) is 11.6 Å². The Kier molecular flexibility index (Phi) is 4.93. The Bertz CT molecular complexity index is 781. The lowest BCUT2D eigenvalue weighted by Crippen LogP contribution is -2.17. The minimum Gasteiger partial charge on any atom is -0.406 e. The molecule has 2 aromatic carbocycles. The number of hydrogen-bond donors (Lipinski definition) is 0. The Morgan fingerprint density at radius 3 is 2.22 bits per heavy atom. The van der Waals surface area contributed by atoms with Gasteiger partial charge in [0.2, 0.25) is 0 Å². The van der Waals surface area contributed by atoms with Gasteiger partial charge in [0.15, 0.2) is 0 Å². The zero-order valence-electron chi connectivity index (χ0n) is 10.8. The van der Waals surface area contributed by atoms with Crippen LogP contribution in [0.2, 0.25) is 15.1 Å². The van der Waals surface area contributed by atoms with Crippen LogP contribution in [-0.4, -0.2) is 11.3 Å². The normalized spacial score (nSPS) is 11.4. The van der Waals surface area contributed by atoms with Gasteiger partial charge in [0.05, 0.1) is 25.6 Å². The summed E-state index contributed by atoms with van der Waals surface area (Å²) in [6.07, 6.45) is -4.94. The molecule has 0 aliphatic heterocycles. The molecule has 0 bridgehead atoms. The van der Waals surface area contributed by atoms with Crippen molar-refractivity contribution in [1.29, 1.82) is 0 Å². The molecular formula is C13H5Cl3F3NO3. The van der Waals surface area contributed by atoms with Crippen molar-refractivity contribution in [3.63, 3.8) is 0 Å². The van der Waals surface area contributed by atoms with E-state index in [-0.39, 0.29) is 26.2 Å². The standard InChI is InChI=1S/C13H5Cl3F3NO3/c14-9-3-2-7(11(15)12(9)16)8-5-6(23-13(17,18)19)1-4-10(8)20(21)22/h1-5H. The molecule has 10 heteroatoms. The van der Waals surface area contributed by atoms with E-state index in [2.05, 4.69) is 4.74 Å². The van der Waals surface area contributed by atoms with E-state index in [1.165, 1.54) is 12.1 Å². The lowest BCUT2D eigenvalue weighted by molar-refractivity contribution is -0.384. The van der Waals surface area contributed by atoms with Crippen molar-refractivity contribution < 1.29 is 22.8 Å². The van der Waals surface area contributed by atoms with Crippen LogP contribution in [-0.2, 0) is 0 Å². The van der Waals surface area contributed by atoms with E-state index in [1.807, 2.05) is 0 Å². The lowest BCUT2D eigenvalue weighted by Gasteiger charge is -2.12. The molecule has 0 aromatic heterocycles. The van der Waals surface area contributed by atoms with Gasteiger partial charge in [0.1, 0.15) is 5.75 Å². The summed E-state index contributed by atoms with van der Waals surface area (Å²) >= 11 is 17.6. The van der Waals surface area contributed by atoms with Crippen LogP contribution in [0.1, 0.15) is 0 Å². The van der Waals surface area contributed by atoms with Crippen LogP contribution in [0.15, 0.2) is 30.3 Å². The Morgan fingerprint density at radius 2 is 1.65 bits per heavy atom. The average molecular weight is 387 g/mol. The van der Waals surface area contributed by atoms with Crippen LogP contribution in [0, 0.1) is 10.1 Å². The van der Waals surface area contributed by atoms with Gasteiger partial charge in [-0.1, -0.05) is 40.9 Å². The van der Waals surface area contributed by atoms with Crippen LogP contribution in [0.25, 0.3) is 11.1 Å². The minimum atomic E-state index is -4.94. The summed E-state index contributed by atoms with van der Waals surface area (Å²) in [5, 5.41) is 11.0. The number of ether oxygens (including phenoxy) is 1. The molecule has 0 heterocycles. The van der Waals surface area contributed by atoms with Gasteiger partial charge in [0.25, 0.3) is 5.69 Å². The fourth-order valence-corrected chi connectivity index (χ4v) is 2.46. The summed E-state index contributed by atoms with van der Waals surface area (Å²) in [6.45, 7) is 0. The zero-order valence-corrected chi connectivity index (χ0v) is 13.1. The van der Waals surface area contributed by atoms with E-state index >= 15 is 0 Å². The van der Waals surface area contributed by atoms with Crippen molar-refractivity contribution in [2.24, 2.45) is 0 Å². The van der Waals surface area contributed by atoms with E-state index in [9.17, 15) is 23.3 Å². The summed E-state index contributed by atoms with van der Waals surface area (Å²) in [5.41, 5.74) is -0.583. The van der Waals surface area contributed by atoms with Crippen molar-refractivity contribution in [2.45, 2.75) is 6.36 Å². The highest BCUT2D eigenvalue weighted by Crippen LogP contribution is 2.42. The van der Waals surface area contributed by atoms with Crippen molar-refractivity contribution >= 4 is 40.5 Å². The molecule has 23 heavy (non-hydrogen) atoms. The molecule has 0 radical (unpaired) electrons. The maximum atomic E-state index is 12.3. The Hall–Kier alpha value is -1.70. The van der Waals surface area contributed by atoms with Gasteiger partial charge in [-0.3, -0.25) is 10.1 Å². The van der Waals surface area contributed by atoms with Gasteiger partial charge in [-0.05, 0) is 18.2 Å². The fraction of sp³-hybridized carbons (Fsp3) is 0.0769. The van der Waals surface area contributed by atoms with Gasteiger partial charge in [-0.15, -0.1) is 13.2 Å². The molecule has 0 unspecified atom stereocenters. The highest BCUT2D eigenvalue weighted by Gasteiger charge is 2.32. The highest BCUT2D eigenvalue weighted by atomic mass is 35.5. The fourth-order valence-electron chi connectivity index (χ4n) is 1.82. The number of nitro groups is 1. The molecule has 0 N–H and O–H groups in total. The molecule has 0 saturated carbocycles. The van der Waals surface area contributed by atoms with Gasteiger partial charge < -0.3 is 4.74 Å². The molecule has 0 fully saturated rings. The second-order valence-corrected chi connectivity index (χ2v) is 5.37. The first-order chi connectivity index (χ1) is 10.6. The number of nitro benzene ring substituents is 1. The maximum absolute atomic E-state index is 12.3.